The lowest BCUT2D eigenvalue weighted by atomic mass is 10.2. The topological polar surface area (TPSA) is 57.8 Å². The Morgan fingerprint density at radius 3 is 3.12 bits per heavy atom. The second-order valence-corrected chi connectivity index (χ2v) is 5.36. The zero-order valence-electron chi connectivity index (χ0n) is 9.46. The molecule has 2 aromatic heterocycles. The summed E-state index contributed by atoms with van der Waals surface area (Å²) >= 11 is 1.46. The van der Waals surface area contributed by atoms with Gasteiger partial charge in [0, 0.05) is 24.7 Å². The van der Waals surface area contributed by atoms with Gasteiger partial charge in [0.2, 0.25) is 0 Å². The highest BCUT2D eigenvalue weighted by Gasteiger charge is 2.28. The average Bonchev–Trinajstić information content (AvgIpc) is 2.88. The molecule has 1 atom stereocenters. The number of carboxylic acid groups (broad SMARTS) is 1. The molecule has 17 heavy (non-hydrogen) atoms. The first-order chi connectivity index (χ1) is 8.16. The van der Waals surface area contributed by atoms with Gasteiger partial charge in [0.05, 0.1) is 0 Å². The molecule has 0 aliphatic carbocycles. The minimum Gasteiger partial charge on any atom is -0.476 e. The van der Waals surface area contributed by atoms with E-state index in [4.69, 9.17) is 0 Å². The number of rotatable bonds is 2. The summed E-state index contributed by atoms with van der Waals surface area (Å²) in [5, 5.41) is 11.2. The van der Waals surface area contributed by atoms with Crippen LogP contribution in [-0.2, 0) is 0 Å². The third-order valence-electron chi connectivity index (χ3n) is 3.17. The Morgan fingerprint density at radius 2 is 2.47 bits per heavy atom. The van der Waals surface area contributed by atoms with Crippen molar-refractivity contribution in [2.75, 3.05) is 18.0 Å². The van der Waals surface area contributed by atoms with Crippen molar-refractivity contribution in [1.29, 1.82) is 0 Å². The second kappa shape index (κ2) is 3.73. The van der Waals surface area contributed by atoms with Gasteiger partial charge in [-0.15, -0.1) is 11.3 Å². The molecule has 1 fully saturated rings. The van der Waals surface area contributed by atoms with E-state index in [2.05, 4.69) is 16.8 Å². The van der Waals surface area contributed by atoms with Crippen LogP contribution in [-0.4, -0.2) is 33.6 Å². The van der Waals surface area contributed by atoms with Gasteiger partial charge in [-0.3, -0.25) is 4.40 Å². The van der Waals surface area contributed by atoms with Crippen molar-refractivity contribution < 1.29 is 9.90 Å². The van der Waals surface area contributed by atoms with Gasteiger partial charge in [-0.1, -0.05) is 6.92 Å². The quantitative estimate of drug-likeness (QED) is 0.886. The molecule has 0 radical (unpaired) electrons. The van der Waals surface area contributed by atoms with Crippen LogP contribution in [0.25, 0.3) is 4.96 Å². The van der Waals surface area contributed by atoms with E-state index in [9.17, 15) is 9.90 Å². The lowest BCUT2D eigenvalue weighted by Crippen LogP contribution is -2.22. The fraction of sp³-hybridized carbons (Fsp3) is 0.455. The molecule has 1 unspecified atom stereocenters. The van der Waals surface area contributed by atoms with Gasteiger partial charge in [0.15, 0.2) is 16.5 Å². The largest absolute Gasteiger partial charge is 0.476 e. The number of carbonyl (C=O) groups is 1. The van der Waals surface area contributed by atoms with Gasteiger partial charge in [-0.2, -0.15) is 0 Å². The highest BCUT2D eigenvalue weighted by atomic mass is 32.1. The van der Waals surface area contributed by atoms with E-state index in [1.165, 1.54) is 11.3 Å². The number of fused-ring (bicyclic) bond motifs is 1. The summed E-state index contributed by atoms with van der Waals surface area (Å²) in [4.78, 5) is 18.6. The number of aromatic carboxylic acids is 1. The number of hydrogen-bond donors (Lipinski definition) is 1. The van der Waals surface area contributed by atoms with Crippen molar-refractivity contribution in [1.82, 2.24) is 9.38 Å². The molecule has 3 heterocycles. The van der Waals surface area contributed by atoms with Gasteiger partial charge in [-0.05, 0) is 12.3 Å². The molecule has 90 valence electrons. The Labute approximate surface area is 102 Å². The van der Waals surface area contributed by atoms with Crippen LogP contribution in [0.2, 0.25) is 0 Å². The first-order valence-electron chi connectivity index (χ1n) is 5.60. The molecule has 1 saturated heterocycles. The van der Waals surface area contributed by atoms with Crippen LogP contribution in [0, 0.1) is 5.92 Å². The van der Waals surface area contributed by atoms with E-state index in [1.807, 2.05) is 5.38 Å². The summed E-state index contributed by atoms with van der Waals surface area (Å²) < 4.78 is 1.66. The fourth-order valence-corrected chi connectivity index (χ4v) is 3.03. The first-order valence-corrected chi connectivity index (χ1v) is 6.48. The van der Waals surface area contributed by atoms with Crippen molar-refractivity contribution >= 4 is 28.1 Å². The van der Waals surface area contributed by atoms with Gasteiger partial charge < -0.3 is 10.0 Å². The van der Waals surface area contributed by atoms with Gasteiger partial charge in [-0.25, -0.2) is 9.78 Å². The highest BCUT2D eigenvalue weighted by Crippen LogP contribution is 2.28. The molecule has 1 aliphatic rings. The maximum Gasteiger partial charge on any atom is 0.356 e. The Morgan fingerprint density at radius 1 is 1.65 bits per heavy atom. The summed E-state index contributed by atoms with van der Waals surface area (Å²) in [6, 6.07) is 0. The SMILES string of the molecule is CC1CCN(c2nc3sccn3c2C(=O)O)C1. The Kier molecular flexibility index (Phi) is 2.32. The predicted molar refractivity (Wildman–Crippen MR) is 66.0 cm³/mol. The lowest BCUT2D eigenvalue weighted by Gasteiger charge is -2.15. The van der Waals surface area contributed by atoms with E-state index >= 15 is 0 Å². The van der Waals surface area contributed by atoms with Gasteiger partial charge in [0.25, 0.3) is 0 Å². The van der Waals surface area contributed by atoms with E-state index in [0.717, 1.165) is 24.5 Å². The molecule has 0 spiro atoms. The van der Waals surface area contributed by atoms with E-state index < -0.39 is 5.97 Å². The Hall–Kier alpha value is -1.56. The van der Waals surface area contributed by atoms with Crippen LogP contribution < -0.4 is 4.90 Å². The predicted octanol–water partition coefficient (Wildman–Crippen LogP) is 1.94. The molecular formula is C11H13N3O2S. The number of aromatic nitrogens is 2. The molecule has 0 amide bonds. The van der Waals surface area contributed by atoms with Crippen molar-refractivity contribution in [2.24, 2.45) is 5.92 Å². The number of anilines is 1. The molecule has 0 saturated carbocycles. The van der Waals surface area contributed by atoms with Crippen molar-refractivity contribution in [3.63, 3.8) is 0 Å². The number of carboxylic acids is 1. The molecule has 6 heteroatoms. The minimum atomic E-state index is -0.912. The van der Waals surface area contributed by atoms with E-state index in [0.29, 0.717) is 11.7 Å². The first kappa shape index (κ1) is 10.6. The standard InChI is InChI=1S/C11H13N3O2S/c1-7-2-3-13(6-7)9-8(10(15)16)14-4-5-17-11(14)12-9/h4-5,7H,2-3,6H2,1H3,(H,15,16). The van der Waals surface area contributed by atoms with Crippen molar-refractivity contribution in [3.05, 3.63) is 17.3 Å². The third kappa shape index (κ3) is 1.59. The normalized spacial score (nSPS) is 20.3. The summed E-state index contributed by atoms with van der Waals surface area (Å²) in [6.45, 7) is 3.97. The minimum absolute atomic E-state index is 0.287. The zero-order valence-corrected chi connectivity index (χ0v) is 10.3. The number of hydrogen-bond acceptors (Lipinski definition) is 4. The summed E-state index contributed by atoms with van der Waals surface area (Å²) in [7, 11) is 0. The summed E-state index contributed by atoms with van der Waals surface area (Å²) in [6.07, 6.45) is 2.86. The lowest BCUT2D eigenvalue weighted by molar-refractivity contribution is 0.0690. The van der Waals surface area contributed by atoms with Crippen LogP contribution in [0.3, 0.4) is 0 Å². The molecular weight excluding hydrogens is 238 g/mol. The number of thiazole rings is 1. The zero-order chi connectivity index (χ0) is 12.0. The Bertz CT molecular complexity index is 574. The molecule has 0 aromatic carbocycles. The van der Waals surface area contributed by atoms with E-state index in [1.54, 1.807) is 10.6 Å². The smallest absolute Gasteiger partial charge is 0.356 e. The molecule has 1 aliphatic heterocycles. The average molecular weight is 251 g/mol. The van der Waals surface area contributed by atoms with Gasteiger partial charge in [0.1, 0.15) is 0 Å². The van der Waals surface area contributed by atoms with Crippen LogP contribution in [0.5, 0.6) is 0 Å². The van der Waals surface area contributed by atoms with E-state index in [-0.39, 0.29) is 5.69 Å². The summed E-state index contributed by atoms with van der Waals surface area (Å²) in [5.41, 5.74) is 0.287. The van der Waals surface area contributed by atoms with Crippen molar-refractivity contribution in [3.8, 4) is 0 Å². The number of nitrogens with zero attached hydrogens (tertiary/aromatic N) is 3. The van der Waals surface area contributed by atoms with Crippen LogP contribution in [0.15, 0.2) is 11.6 Å². The summed E-state index contributed by atoms with van der Waals surface area (Å²) in [5.74, 6) is 0.315. The second-order valence-electron chi connectivity index (χ2n) is 4.48. The molecule has 5 nitrogen and oxygen atoms in total. The van der Waals surface area contributed by atoms with Crippen molar-refractivity contribution in [2.45, 2.75) is 13.3 Å². The fourth-order valence-electron chi connectivity index (χ4n) is 2.32. The number of imidazole rings is 1. The molecule has 3 rings (SSSR count). The monoisotopic (exact) mass is 251 g/mol. The maximum atomic E-state index is 11.4. The third-order valence-corrected chi connectivity index (χ3v) is 3.93. The Balaban J connectivity index is 2.11. The molecule has 1 N–H and O–H groups in total. The maximum absolute atomic E-state index is 11.4. The molecule has 0 bridgehead atoms. The van der Waals surface area contributed by atoms with Gasteiger partial charge >= 0.3 is 5.97 Å². The molecule has 2 aromatic rings. The van der Waals surface area contributed by atoms with Crippen LogP contribution >= 0.6 is 11.3 Å². The highest BCUT2D eigenvalue weighted by molar-refractivity contribution is 7.15. The van der Waals surface area contributed by atoms with Crippen LogP contribution in [0.4, 0.5) is 5.82 Å². The van der Waals surface area contributed by atoms with Crippen LogP contribution in [0.1, 0.15) is 23.8 Å².